The average molecular weight is 430 g/mol. The van der Waals surface area contributed by atoms with Crippen molar-refractivity contribution < 1.29 is 17.7 Å². The molecular weight excluding hydrogens is 402 g/mol. The fraction of sp³-hybridized carbons (Fsp3) is 0.364. The second kappa shape index (κ2) is 8.87. The molecule has 2 aromatic carbocycles. The van der Waals surface area contributed by atoms with Crippen molar-refractivity contribution in [2.45, 2.75) is 50.8 Å². The third-order valence-corrected chi connectivity index (χ3v) is 6.09. The monoisotopic (exact) mass is 429 g/mol. The van der Waals surface area contributed by atoms with Crippen LogP contribution in [-0.4, -0.2) is 25.7 Å². The maximum Gasteiger partial charge on any atom is 0.265 e. The lowest BCUT2D eigenvalue weighted by Crippen LogP contribution is -2.14. The summed E-state index contributed by atoms with van der Waals surface area (Å²) in [6, 6.07) is 12.3. The Kier molecular flexibility index (Phi) is 6.45. The van der Waals surface area contributed by atoms with Crippen molar-refractivity contribution in [3.63, 3.8) is 0 Å². The Morgan fingerprint density at radius 1 is 1.03 bits per heavy atom. The third-order valence-electron chi connectivity index (χ3n) is 4.69. The molecule has 0 spiro atoms. The van der Waals surface area contributed by atoms with Crippen LogP contribution in [0, 0.1) is 0 Å². The van der Waals surface area contributed by atoms with Crippen molar-refractivity contribution in [3.05, 3.63) is 65.3 Å². The minimum absolute atomic E-state index is 0.119. The Morgan fingerprint density at radius 3 is 2.30 bits per heavy atom. The second-order valence-corrected chi connectivity index (χ2v) is 9.40. The maximum absolute atomic E-state index is 13.0. The van der Waals surface area contributed by atoms with Crippen LogP contribution in [0.2, 0.25) is 0 Å². The highest BCUT2D eigenvalue weighted by atomic mass is 32.2. The Bertz CT molecular complexity index is 1100. The molecule has 0 amide bonds. The molecule has 0 saturated heterocycles. The van der Waals surface area contributed by atoms with Gasteiger partial charge in [-0.05, 0) is 41.3 Å². The van der Waals surface area contributed by atoms with Crippen LogP contribution in [0.1, 0.15) is 62.4 Å². The van der Waals surface area contributed by atoms with Crippen molar-refractivity contribution in [2.24, 2.45) is 0 Å². The number of hydrogen-bond donors (Lipinski definition) is 1. The Morgan fingerprint density at radius 2 is 1.73 bits per heavy atom. The molecule has 30 heavy (non-hydrogen) atoms. The number of methoxy groups -OCH3 is 1. The van der Waals surface area contributed by atoms with E-state index in [1.54, 1.807) is 24.3 Å². The summed E-state index contributed by atoms with van der Waals surface area (Å²) in [5.74, 6) is 1.88. The molecule has 1 aromatic heterocycles. The van der Waals surface area contributed by atoms with Gasteiger partial charge in [0.05, 0.1) is 7.11 Å². The number of hydrogen-bond acceptors (Lipinski definition) is 6. The zero-order chi connectivity index (χ0) is 21.9. The summed E-state index contributed by atoms with van der Waals surface area (Å²) in [6.07, 6.45) is 0.507. The van der Waals surface area contributed by atoms with E-state index in [0.29, 0.717) is 29.6 Å². The quantitative estimate of drug-likeness (QED) is 0.557. The number of sulfonamides is 1. The Balaban J connectivity index is 1.78. The first-order chi connectivity index (χ1) is 14.2. The highest BCUT2D eigenvalue weighted by Gasteiger charge is 2.21. The molecule has 160 valence electrons. The number of anilines is 1. The van der Waals surface area contributed by atoms with Crippen LogP contribution in [0.5, 0.6) is 5.75 Å². The summed E-state index contributed by atoms with van der Waals surface area (Å²) in [4.78, 5) is 4.48. The molecule has 1 heterocycles. The van der Waals surface area contributed by atoms with Crippen LogP contribution in [0.3, 0.4) is 0 Å². The van der Waals surface area contributed by atoms with Gasteiger partial charge in [-0.3, -0.25) is 4.72 Å². The fourth-order valence-corrected chi connectivity index (χ4v) is 4.18. The van der Waals surface area contributed by atoms with Crippen LogP contribution in [-0.2, 0) is 16.4 Å². The van der Waals surface area contributed by atoms with E-state index in [2.05, 4.69) is 14.9 Å². The lowest BCUT2D eigenvalue weighted by molar-refractivity contribution is 0.361. The van der Waals surface area contributed by atoms with Crippen molar-refractivity contribution in [1.29, 1.82) is 0 Å². The van der Waals surface area contributed by atoms with E-state index in [1.165, 1.54) is 7.11 Å². The van der Waals surface area contributed by atoms with Gasteiger partial charge in [-0.25, -0.2) is 8.42 Å². The van der Waals surface area contributed by atoms with E-state index in [9.17, 15) is 8.42 Å². The van der Waals surface area contributed by atoms with Crippen molar-refractivity contribution in [2.75, 3.05) is 11.8 Å². The van der Waals surface area contributed by atoms with E-state index in [1.807, 2.05) is 45.9 Å². The topological polar surface area (TPSA) is 94.3 Å². The molecule has 3 rings (SSSR count). The van der Waals surface area contributed by atoms with Gasteiger partial charge < -0.3 is 9.26 Å². The molecule has 0 aliphatic heterocycles. The second-order valence-electron chi connectivity index (χ2n) is 7.75. The van der Waals surface area contributed by atoms with Crippen molar-refractivity contribution in [1.82, 2.24) is 10.1 Å². The first kappa shape index (κ1) is 21.8. The summed E-state index contributed by atoms with van der Waals surface area (Å²) in [5, 5.41) is 3.98. The van der Waals surface area contributed by atoms with Gasteiger partial charge in [0.15, 0.2) is 5.82 Å². The minimum atomic E-state index is -3.80. The smallest absolute Gasteiger partial charge is 0.265 e. The van der Waals surface area contributed by atoms with Crippen LogP contribution < -0.4 is 9.46 Å². The summed E-state index contributed by atoms with van der Waals surface area (Å²) in [5.41, 5.74) is 2.34. The molecule has 0 saturated carbocycles. The van der Waals surface area contributed by atoms with Crippen LogP contribution >= 0.6 is 0 Å². The number of aromatic nitrogens is 2. The van der Waals surface area contributed by atoms with Crippen molar-refractivity contribution in [3.8, 4) is 5.75 Å². The largest absolute Gasteiger partial charge is 0.495 e. The molecule has 0 radical (unpaired) electrons. The van der Waals surface area contributed by atoms with E-state index >= 15 is 0 Å². The van der Waals surface area contributed by atoms with E-state index in [4.69, 9.17) is 9.26 Å². The summed E-state index contributed by atoms with van der Waals surface area (Å²) in [7, 11) is -2.35. The van der Waals surface area contributed by atoms with Gasteiger partial charge in [0.2, 0.25) is 5.89 Å². The molecule has 0 aliphatic carbocycles. The zero-order valence-corrected chi connectivity index (χ0v) is 18.7. The van der Waals surface area contributed by atoms with E-state index in [-0.39, 0.29) is 16.7 Å². The normalized spacial score (nSPS) is 11.8. The highest BCUT2D eigenvalue weighted by molar-refractivity contribution is 7.92. The van der Waals surface area contributed by atoms with Crippen LogP contribution in [0.4, 0.5) is 5.69 Å². The minimum Gasteiger partial charge on any atom is -0.495 e. The Labute approximate surface area is 177 Å². The number of nitrogens with zero attached hydrogens (tertiary/aromatic N) is 2. The van der Waals surface area contributed by atoms with Crippen LogP contribution in [0.15, 0.2) is 51.9 Å². The Hall–Kier alpha value is -2.87. The molecule has 8 heteroatoms. The highest BCUT2D eigenvalue weighted by Crippen LogP contribution is 2.29. The lowest BCUT2D eigenvalue weighted by atomic mass is 10.0. The number of ether oxygens (including phenoxy) is 1. The maximum atomic E-state index is 13.0. The molecule has 0 bridgehead atoms. The third kappa shape index (κ3) is 4.99. The van der Waals surface area contributed by atoms with Gasteiger partial charge in [0, 0.05) is 18.0 Å². The lowest BCUT2D eigenvalue weighted by Gasteiger charge is -2.14. The number of rotatable bonds is 8. The molecule has 0 unspecified atom stereocenters. The average Bonchev–Trinajstić information content (AvgIpc) is 3.17. The van der Waals surface area contributed by atoms with E-state index < -0.39 is 10.0 Å². The molecule has 0 atom stereocenters. The molecular formula is C22H27N3O4S. The van der Waals surface area contributed by atoms with Crippen molar-refractivity contribution >= 4 is 15.7 Å². The number of nitrogens with one attached hydrogen (secondary N) is 1. The first-order valence-electron chi connectivity index (χ1n) is 9.81. The molecule has 0 aliphatic rings. The van der Waals surface area contributed by atoms with Gasteiger partial charge in [-0.15, -0.1) is 0 Å². The zero-order valence-electron chi connectivity index (χ0n) is 17.8. The van der Waals surface area contributed by atoms with Gasteiger partial charge in [-0.1, -0.05) is 51.1 Å². The SMILES string of the molecule is COc1ccc(C(C)C)cc1S(=O)(=O)Nc1ccc(Cc2noc(C(C)C)n2)cc1. The van der Waals surface area contributed by atoms with Gasteiger partial charge in [0.1, 0.15) is 10.6 Å². The molecule has 0 fully saturated rings. The predicted octanol–water partition coefficient (Wildman–Crippen LogP) is 4.72. The fourth-order valence-electron chi connectivity index (χ4n) is 2.92. The summed E-state index contributed by atoms with van der Waals surface area (Å²) < 4.78 is 39.1. The molecule has 1 N–H and O–H groups in total. The summed E-state index contributed by atoms with van der Waals surface area (Å²) in [6.45, 7) is 8.00. The van der Waals surface area contributed by atoms with Gasteiger partial charge in [0.25, 0.3) is 10.0 Å². The molecule has 7 nitrogen and oxygen atoms in total. The summed E-state index contributed by atoms with van der Waals surface area (Å²) >= 11 is 0. The molecule has 3 aromatic rings. The predicted molar refractivity (Wildman–Crippen MR) is 116 cm³/mol. The standard InChI is InChI=1S/C22H27N3O4S/c1-14(2)17-8-11-19(28-5)20(13-17)30(26,27)25-18-9-6-16(7-10-18)12-21-23-22(15(3)4)29-24-21/h6-11,13-15,25H,12H2,1-5H3. The van der Waals surface area contributed by atoms with E-state index in [0.717, 1.165) is 11.1 Å². The van der Waals surface area contributed by atoms with Gasteiger partial charge in [-0.2, -0.15) is 4.98 Å². The number of benzene rings is 2. The van der Waals surface area contributed by atoms with Gasteiger partial charge >= 0.3 is 0 Å². The first-order valence-corrected chi connectivity index (χ1v) is 11.3. The van der Waals surface area contributed by atoms with Crippen LogP contribution in [0.25, 0.3) is 0 Å².